The van der Waals surface area contributed by atoms with Crippen molar-refractivity contribution in [2.45, 2.75) is 71.7 Å². The van der Waals surface area contributed by atoms with Crippen molar-refractivity contribution in [1.29, 1.82) is 0 Å². The summed E-state index contributed by atoms with van der Waals surface area (Å²) in [5, 5.41) is 16.3. The van der Waals surface area contributed by atoms with Crippen LogP contribution < -0.4 is 16.4 Å². The summed E-state index contributed by atoms with van der Waals surface area (Å²) in [6.07, 6.45) is -0.667. The number of aryl methyl sites for hydroxylation is 1. The van der Waals surface area contributed by atoms with Gasteiger partial charge in [0, 0.05) is 25.9 Å². The van der Waals surface area contributed by atoms with E-state index in [2.05, 4.69) is 15.6 Å². The molecule has 1 fully saturated rings. The Morgan fingerprint density at radius 3 is 2.22 bits per heavy atom. The lowest BCUT2D eigenvalue weighted by atomic mass is 9.85. The predicted molar refractivity (Wildman–Crippen MR) is 180 cm³/mol. The molecule has 2 aromatic rings. The molecule has 258 valence electrons. The first kappa shape index (κ1) is 39.5. The minimum Gasteiger partial charge on any atom is -0.391 e. The van der Waals surface area contributed by atoms with Crippen molar-refractivity contribution in [3.63, 3.8) is 0 Å². The molecule has 4 atom stereocenters. The first-order valence-electron chi connectivity index (χ1n) is 15.4. The lowest BCUT2D eigenvalue weighted by Gasteiger charge is -2.35. The van der Waals surface area contributed by atoms with E-state index in [-0.39, 0.29) is 56.3 Å². The lowest BCUT2D eigenvalue weighted by molar-refractivity contribution is -0.144. The molecular formula is C32H50ClN5O7S. The molecule has 0 radical (unpaired) electrons. The second-order valence-electron chi connectivity index (χ2n) is 12.3. The number of likely N-dealkylation sites (tertiary alicyclic amines) is 1. The third-order valence-electron chi connectivity index (χ3n) is 7.54. The highest BCUT2D eigenvalue weighted by molar-refractivity contribution is 7.13. The summed E-state index contributed by atoms with van der Waals surface area (Å²) in [6, 6.07) is 5.86. The molecule has 14 heteroatoms. The summed E-state index contributed by atoms with van der Waals surface area (Å²) >= 11 is 1.58. The van der Waals surface area contributed by atoms with Gasteiger partial charge in [-0.2, -0.15) is 0 Å². The number of aromatic nitrogens is 1. The standard InChI is InChI=1S/C32H49N5O7S.ClH/c1-21(23-6-8-24(9-7-23)28-22(2)34-20-45-28)35-30(40)26-18-25(38)19-37(26)31(41)29(32(3,4)5)36-27(39)10-12-42-14-16-44-17-15-43-13-11-33;/h6-9,20-21,25-26,29,38H,10-19,33H2,1-5H3,(H,35,40)(H,36,39);1H/t21?,25-,26+,29?;/m1./s1. The quantitative estimate of drug-likeness (QED) is 0.183. The van der Waals surface area contributed by atoms with E-state index in [9.17, 15) is 19.5 Å². The van der Waals surface area contributed by atoms with Crippen LogP contribution in [0.3, 0.4) is 0 Å². The molecule has 1 aromatic carbocycles. The normalized spacial score (nSPS) is 17.7. The highest BCUT2D eigenvalue weighted by Gasteiger charge is 2.44. The van der Waals surface area contributed by atoms with Crippen LogP contribution >= 0.6 is 23.7 Å². The maximum absolute atomic E-state index is 13.8. The molecule has 0 aliphatic carbocycles. The van der Waals surface area contributed by atoms with Gasteiger partial charge in [0.1, 0.15) is 12.1 Å². The Kier molecular flexibility index (Phi) is 16.5. The van der Waals surface area contributed by atoms with Crippen LogP contribution in [0, 0.1) is 12.3 Å². The zero-order valence-electron chi connectivity index (χ0n) is 27.5. The van der Waals surface area contributed by atoms with E-state index in [4.69, 9.17) is 19.9 Å². The summed E-state index contributed by atoms with van der Waals surface area (Å²) in [6.45, 7) is 12.1. The molecule has 5 N–H and O–H groups in total. The zero-order chi connectivity index (χ0) is 33.0. The highest BCUT2D eigenvalue weighted by atomic mass is 35.5. The summed E-state index contributed by atoms with van der Waals surface area (Å²) in [4.78, 5) is 46.9. The van der Waals surface area contributed by atoms with E-state index in [0.29, 0.717) is 39.6 Å². The molecule has 1 aliphatic rings. The van der Waals surface area contributed by atoms with Crippen LogP contribution in [-0.4, -0.2) is 104 Å². The van der Waals surface area contributed by atoms with E-state index < -0.39 is 29.5 Å². The second kappa shape index (κ2) is 19.2. The van der Waals surface area contributed by atoms with Crippen molar-refractivity contribution in [1.82, 2.24) is 20.5 Å². The molecule has 12 nitrogen and oxygen atoms in total. The van der Waals surface area contributed by atoms with Gasteiger partial charge in [-0.1, -0.05) is 45.0 Å². The number of nitrogens with zero attached hydrogens (tertiary/aromatic N) is 2. The van der Waals surface area contributed by atoms with Gasteiger partial charge in [0.25, 0.3) is 0 Å². The van der Waals surface area contributed by atoms with Crippen LogP contribution in [0.4, 0.5) is 0 Å². The fraction of sp³-hybridized carbons (Fsp3) is 0.625. The van der Waals surface area contributed by atoms with Gasteiger partial charge < -0.3 is 40.6 Å². The van der Waals surface area contributed by atoms with E-state index in [1.165, 1.54) is 4.90 Å². The van der Waals surface area contributed by atoms with Gasteiger partial charge in [0.2, 0.25) is 17.7 Å². The summed E-state index contributed by atoms with van der Waals surface area (Å²) in [5.41, 5.74) is 9.47. The molecule has 2 unspecified atom stereocenters. The number of carbonyl (C=O) groups is 3. The Morgan fingerprint density at radius 1 is 1.04 bits per heavy atom. The number of thiazole rings is 1. The fourth-order valence-corrected chi connectivity index (χ4v) is 5.85. The van der Waals surface area contributed by atoms with Gasteiger partial charge in [0.05, 0.1) is 67.9 Å². The smallest absolute Gasteiger partial charge is 0.246 e. The molecule has 1 aliphatic heterocycles. The van der Waals surface area contributed by atoms with Crippen LogP contribution in [0.1, 0.15) is 57.8 Å². The van der Waals surface area contributed by atoms with Crippen molar-refractivity contribution in [2.24, 2.45) is 11.1 Å². The Balaban J connectivity index is 0.00000736. The summed E-state index contributed by atoms with van der Waals surface area (Å²) < 4.78 is 16.1. The topological polar surface area (TPSA) is 165 Å². The first-order valence-corrected chi connectivity index (χ1v) is 16.3. The van der Waals surface area contributed by atoms with Crippen molar-refractivity contribution in [3.8, 4) is 10.4 Å². The lowest BCUT2D eigenvalue weighted by Crippen LogP contribution is -2.58. The van der Waals surface area contributed by atoms with E-state index in [0.717, 1.165) is 21.7 Å². The number of ether oxygens (including phenoxy) is 3. The van der Waals surface area contributed by atoms with Crippen LogP contribution in [0.2, 0.25) is 0 Å². The average molecular weight is 684 g/mol. The monoisotopic (exact) mass is 683 g/mol. The number of halogens is 1. The molecule has 0 saturated carbocycles. The van der Waals surface area contributed by atoms with Crippen molar-refractivity contribution < 1.29 is 33.7 Å². The number of rotatable bonds is 17. The largest absolute Gasteiger partial charge is 0.391 e. The molecule has 46 heavy (non-hydrogen) atoms. The predicted octanol–water partition coefficient (Wildman–Crippen LogP) is 2.61. The maximum atomic E-state index is 13.8. The Bertz CT molecular complexity index is 1240. The Hall–Kier alpha value is -2.65. The van der Waals surface area contributed by atoms with Crippen LogP contribution in [0.25, 0.3) is 10.4 Å². The highest BCUT2D eigenvalue weighted by Crippen LogP contribution is 2.29. The maximum Gasteiger partial charge on any atom is 0.246 e. The van der Waals surface area contributed by atoms with E-state index in [1.807, 2.05) is 64.4 Å². The fourth-order valence-electron chi connectivity index (χ4n) is 5.04. The van der Waals surface area contributed by atoms with Crippen molar-refractivity contribution >= 4 is 41.5 Å². The second-order valence-corrected chi connectivity index (χ2v) is 13.1. The molecule has 0 bridgehead atoms. The molecule has 1 aromatic heterocycles. The van der Waals surface area contributed by atoms with Crippen LogP contribution in [0.5, 0.6) is 0 Å². The molecule has 0 spiro atoms. The number of benzene rings is 1. The number of carbonyl (C=O) groups excluding carboxylic acids is 3. The Labute approximate surface area is 282 Å². The summed E-state index contributed by atoms with van der Waals surface area (Å²) in [7, 11) is 0. The number of β-amino-alcohol motifs (C(OH)–C–C–N with tert-alkyl or cyclic N) is 1. The number of aliphatic hydroxyl groups excluding tert-OH is 1. The Morgan fingerprint density at radius 2 is 1.65 bits per heavy atom. The van der Waals surface area contributed by atoms with Crippen molar-refractivity contribution in [3.05, 3.63) is 41.0 Å². The number of hydrogen-bond acceptors (Lipinski definition) is 10. The SMILES string of the molecule is Cc1ncsc1-c1ccc(C(C)NC(=O)[C@@H]2C[C@@H](O)CN2C(=O)C(NC(=O)CCOCCOCCOCCN)C(C)(C)C)cc1.Cl. The third-order valence-corrected chi connectivity index (χ3v) is 8.52. The van der Waals surface area contributed by atoms with Gasteiger partial charge in [-0.25, -0.2) is 4.98 Å². The molecule has 2 heterocycles. The number of aliphatic hydroxyl groups is 1. The van der Waals surface area contributed by atoms with Crippen molar-refractivity contribution in [2.75, 3.05) is 52.7 Å². The summed E-state index contributed by atoms with van der Waals surface area (Å²) in [5.74, 6) is -1.10. The minimum absolute atomic E-state index is 0. The number of hydrogen-bond donors (Lipinski definition) is 4. The minimum atomic E-state index is -0.900. The van der Waals surface area contributed by atoms with Gasteiger partial charge in [0.15, 0.2) is 0 Å². The number of nitrogens with one attached hydrogen (secondary N) is 2. The average Bonchev–Trinajstić information content (AvgIpc) is 3.61. The third kappa shape index (κ3) is 11.9. The first-order chi connectivity index (χ1) is 21.4. The van der Waals surface area contributed by atoms with Crippen LogP contribution in [0.15, 0.2) is 29.8 Å². The zero-order valence-corrected chi connectivity index (χ0v) is 29.1. The molecular weight excluding hydrogens is 634 g/mol. The van der Waals surface area contributed by atoms with Crippen LogP contribution in [-0.2, 0) is 28.6 Å². The number of nitrogens with two attached hydrogens (primary N) is 1. The van der Waals surface area contributed by atoms with Gasteiger partial charge in [-0.3, -0.25) is 14.4 Å². The van der Waals surface area contributed by atoms with Gasteiger partial charge in [-0.05, 0) is 30.4 Å². The number of amides is 3. The molecule has 1 saturated heterocycles. The van der Waals surface area contributed by atoms with Gasteiger partial charge >= 0.3 is 0 Å². The van der Waals surface area contributed by atoms with E-state index in [1.54, 1.807) is 11.3 Å². The van der Waals surface area contributed by atoms with E-state index >= 15 is 0 Å². The molecule has 3 rings (SSSR count). The molecule has 3 amide bonds. The van der Waals surface area contributed by atoms with Gasteiger partial charge in [-0.15, -0.1) is 23.7 Å².